The van der Waals surface area contributed by atoms with Crippen LogP contribution in [0.1, 0.15) is 25.8 Å². The summed E-state index contributed by atoms with van der Waals surface area (Å²) < 4.78 is 29.5. The van der Waals surface area contributed by atoms with E-state index in [0.29, 0.717) is 11.0 Å². The number of carbonyl (C=O) groups is 1. The van der Waals surface area contributed by atoms with Gasteiger partial charge in [0, 0.05) is 48.6 Å². The summed E-state index contributed by atoms with van der Waals surface area (Å²) in [7, 11) is 0. The van der Waals surface area contributed by atoms with Crippen LogP contribution in [-0.2, 0) is 10.5 Å². The summed E-state index contributed by atoms with van der Waals surface area (Å²) in [6, 6.07) is 1.43. The number of hydrogen-bond acceptors (Lipinski definition) is 2. The van der Waals surface area contributed by atoms with Gasteiger partial charge in [-0.1, -0.05) is 6.92 Å². The van der Waals surface area contributed by atoms with Crippen molar-refractivity contribution >= 4 is 21.8 Å². The van der Waals surface area contributed by atoms with Crippen LogP contribution in [-0.4, -0.2) is 28.9 Å². The SMILES string of the molecule is CC(=O)N1CC[C@@](F)(c2cc(Br)cnc2F)[C@H](C)C1. The molecule has 1 amide bonds. The number of aromatic nitrogens is 1. The van der Waals surface area contributed by atoms with Crippen molar-refractivity contribution in [1.82, 2.24) is 9.88 Å². The Morgan fingerprint density at radius 3 is 2.89 bits per heavy atom. The standard InChI is InChI=1S/C13H15BrF2N2O/c1-8-7-18(9(2)19)4-3-13(8,16)11-5-10(14)6-17-12(11)15/h5-6,8H,3-4,7H2,1-2H3/t8-,13+/m1/s1. The highest BCUT2D eigenvalue weighted by atomic mass is 79.9. The first-order chi connectivity index (χ1) is 8.84. The molecule has 2 heterocycles. The van der Waals surface area contributed by atoms with Crippen molar-refractivity contribution in [1.29, 1.82) is 0 Å². The van der Waals surface area contributed by atoms with Gasteiger partial charge in [0.25, 0.3) is 0 Å². The number of likely N-dealkylation sites (tertiary alicyclic amines) is 1. The summed E-state index contributed by atoms with van der Waals surface area (Å²) in [6.07, 6.45) is 1.39. The van der Waals surface area contributed by atoms with Gasteiger partial charge < -0.3 is 4.90 Å². The number of carbonyl (C=O) groups excluding carboxylic acids is 1. The Balaban J connectivity index is 2.33. The van der Waals surface area contributed by atoms with E-state index in [9.17, 15) is 9.18 Å². The van der Waals surface area contributed by atoms with E-state index in [1.165, 1.54) is 19.2 Å². The van der Waals surface area contributed by atoms with Gasteiger partial charge in [-0.05, 0) is 22.0 Å². The minimum atomic E-state index is -1.78. The zero-order valence-corrected chi connectivity index (χ0v) is 12.4. The van der Waals surface area contributed by atoms with Gasteiger partial charge in [0.1, 0.15) is 5.67 Å². The summed E-state index contributed by atoms with van der Waals surface area (Å²) in [5, 5.41) is 0. The van der Waals surface area contributed by atoms with Crippen LogP contribution in [0.3, 0.4) is 0 Å². The molecule has 0 unspecified atom stereocenters. The van der Waals surface area contributed by atoms with Gasteiger partial charge in [-0.15, -0.1) is 0 Å². The number of amides is 1. The van der Waals surface area contributed by atoms with Crippen molar-refractivity contribution in [2.45, 2.75) is 25.9 Å². The Morgan fingerprint density at radius 2 is 2.32 bits per heavy atom. The third kappa shape index (κ3) is 2.63. The molecule has 1 aliphatic heterocycles. The molecule has 0 saturated carbocycles. The molecule has 1 saturated heterocycles. The van der Waals surface area contributed by atoms with E-state index in [0.717, 1.165) is 0 Å². The lowest BCUT2D eigenvalue weighted by atomic mass is 9.79. The Labute approximate surface area is 119 Å². The maximum Gasteiger partial charge on any atom is 0.219 e. The average molecular weight is 333 g/mol. The van der Waals surface area contributed by atoms with E-state index in [2.05, 4.69) is 20.9 Å². The van der Waals surface area contributed by atoms with Crippen LogP contribution >= 0.6 is 15.9 Å². The maximum atomic E-state index is 15.1. The van der Waals surface area contributed by atoms with E-state index in [1.807, 2.05) is 0 Å². The summed E-state index contributed by atoms with van der Waals surface area (Å²) in [4.78, 5) is 16.5. The smallest absolute Gasteiger partial charge is 0.219 e. The van der Waals surface area contributed by atoms with Crippen LogP contribution in [0.4, 0.5) is 8.78 Å². The predicted octanol–water partition coefficient (Wildman–Crippen LogP) is 3.04. The Morgan fingerprint density at radius 1 is 1.63 bits per heavy atom. The first-order valence-electron chi connectivity index (χ1n) is 6.10. The van der Waals surface area contributed by atoms with E-state index in [4.69, 9.17) is 0 Å². The molecule has 1 fully saturated rings. The lowest BCUT2D eigenvalue weighted by Crippen LogP contribution is -2.48. The first-order valence-corrected chi connectivity index (χ1v) is 6.90. The molecule has 0 bridgehead atoms. The second kappa shape index (κ2) is 5.15. The fraction of sp³-hybridized carbons (Fsp3) is 0.538. The quantitative estimate of drug-likeness (QED) is 0.740. The summed E-state index contributed by atoms with van der Waals surface area (Å²) in [5.41, 5.74) is -1.81. The van der Waals surface area contributed by atoms with Gasteiger partial charge in [-0.2, -0.15) is 4.39 Å². The van der Waals surface area contributed by atoms with Crippen molar-refractivity contribution in [2.24, 2.45) is 5.92 Å². The summed E-state index contributed by atoms with van der Waals surface area (Å²) in [5.74, 6) is -1.34. The zero-order valence-electron chi connectivity index (χ0n) is 10.8. The van der Waals surface area contributed by atoms with Crippen LogP contribution < -0.4 is 0 Å². The molecule has 1 aromatic rings. The molecule has 1 aromatic heterocycles. The summed E-state index contributed by atoms with van der Waals surface area (Å²) in [6.45, 7) is 3.73. The van der Waals surface area contributed by atoms with Crippen molar-refractivity contribution in [3.8, 4) is 0 Å². The molecular formula is C13H15BrF2N2O. The monoisotopic (exact) mass is 332 g/mol. The molecule has 2 rings (SSSR count). The Hall–Kier alpha value is -1.04. The molecule has 0 aromatic carbocycles. The van der Waals surface area contributed by atoms with Gasteiger partial charge in [0.15, 0.2) is 0 Å². The molecule has 3 nitrogen and oxygen atoms in total. The molecule has 104 valence electrons. The van der Waals surface area contributed by atoms with Gasteiger partial charge in [0.2, 0.25) is 11.9 Å². The van der Waals surface area contributed by atoms with E-state index < -0.39 is 17.5 Å². The highest BCUT2D eigenvalue weighted by Crippen LogP contribution is 2.42. The normalized spacial score (nSPS) is 27.4. The van der Waals surface area contributed by atoms with Crippen LogP contribution in [0.5, 0.6) is 0 Å². The number of piperidine rings is 1. The molecule has 6 heteroatoms. The molecule has 0 radical (unpaired) electrons. The largest absolute Gasteiger partial charge is 0.342 e. The fourth-order valence-electron chi connectivity index (χ4n) is 2.51. The number of nitrogens with zero attached hydrogens (tertiary/aromatic N) is 2. The van der Waals surface area contributed by atoms with E-state index >= 15 is 4.39 Å². The number of hydrogen-bond donors (Lipinski definition) is 0. The fourth-order valence-corrected chi connectivity index (χ4v) is 2.84. The lowest BCUT2D eigenvalue weighted by molar-refractivity contribution is -0.133. The molecule has 0 aliphatic carbocycles. The topological polar surface area (TPSA) is 33.2 Å². The third-order valence-corrected chi connectivity index (χ3v) is 4.15. The maximum absolute atomic E-state index is 15.1. The molecule has 19 heavy (non-hydrogen) atoms. The van der Waals surface area contributed by atoms with E-state index in [1.54, 1.807) is 11.8 Å². The second-order valence-corrected chi connectivity index (χ2v) is 5.89. The van der Waals surface area contributed by atoms with Gasteiger partial charge in [-0.3, -0.25) is 4.79 Å². The number of pyridine rings is 1. The van der Waals surface area contributed by atoms with Crippen molar-refractivity contribution in [3.63, 3.8) is 0 Å². The predicted molar refractivity (Wildman–Crippen MR) is 70.7 cm³/mol. The highest BCUT2D eigenvalue weighted by Gasteiger charge is 2.45. The van der Waals surface area contributed by atoms with E-state index in [-0.39, 0.29) is 24.4 Å². The van der Waals surface area contributed by atoms with Gasteiger partial charge in [-0.25, -0.2) is 9.37 Å². The van der Waals surface area contributed by atoms with Crippen LogP contribution in [0.15, 0.2) is 16.7 Å². The van der Waals surface area contributed by atoms with Crippen molar-refractivity contribution in [3.05, 3.63) is 28.2 Å². The van der Waals surface area contributed by atoms with Crippen LogP contribution in [0, 0.1) is 11.9 Å². The van der Waals surface area contributed by atoms with Crippen LogP contribution in [0.25, 0.3) is 0 Å². The second-order valence-electron chi connectivity index (χ2n) is 4.97. The Kier molecular flexibility index (Phi) is 3.90. The molecule has 2 atom stereocenters. The lowest BCUT2D eigenvalue weighted by Gasteiger charge is -2.41. The van der Waals surface area contributed by atoms with Gasteiger partial charge >= 0.3 is 0 Å². The number of rotatable bonds is 1. The third-order valence-electron chi connectivity index (χ3n) is 3.72. The molecular weight excluding hydrogens is 318 g/mol. The number of alkyl halides is 1. The first kappa shape index (κ1) is 14.4. The molecule has 0 spiro atoms. The minimum Gasteiger partial charge on any atom is -0.342 e. The zero-order chi connectivity index (χ0) is 14.2. The molecule has 1 aliphatic rings. The summed E-state index contributed by atoms with van der Waals surface area (Å²) >= 11 is 3.18. The number of halogens is 3. The van der Waals surface area contributed by atoms with Crippen molar-refractivity contribution in [2.75, 3.05) is 13.1 Å². The highest BCUT2D eigenvalue weighted by molar-refractivity contribution is 9.10. The van der Waals surface area contributed by atoms with Crippen LogP contribution in [0.2, 0.25) is 0 Å². The van der Waals surface area contributed by atoms with Crippen molar-refractivity contribution < 1.29 is 13.6 Å². The van der Waals surface area contributed by atoms with Gasteiger partial charge in [0.05, 0.1) is 0 Å². The average Bonchev–Trinajstić information content (AvgIpc) is 2.35. The molecule has 0 N–H and O–H groups in total. The Bertz CT molecular complexity index is 511. The minimum absolute atomic E-state index is 0.0300.